The molecule has 2 rings (SSSR count). The number of nitrogens with zero attached hydrogens (tertiary/aromatic N) is 2. The second-order valence-corrected chi connectivity index (χ2v) is 4.51. The first kappa shape index (κ1) is 12.8. The predicted molar refractivity (Wildman–Crippen MR) is 72.6 cm³/mol. The molecule has 0 bridgehead atoms. The Bertz CT molecular complexity index is 585. The molecule has 94 valence electrons. The van der Waals surface area contributed by atoms with Gasteiger partial charge >= 0.3 is 0 Å². The van der Waals surface area contributed by atoms with Crippen molar-refractivity contribution in [2.45, 2.75) is 20.3 Å². The van der Waals surface area contributed by atoms with Crippen molar-refractivity contribution in [2.75, 3.05) is 5.32 Å². The minimum absolute atomic E-state index is 0.0747. The average Bonchev–Trinajstić information content (AvgIpc) is 2.38. The highest BCUT2D eigenvalue weighted by Gasteiger charge is 2.14. The van der Waals surface area contributed by atoms with Crippen molar-refractivity contribution in [1.29, 1.82) is 0 Å². The first-order valence-electron chi connectivity index (χ1n) is 5.85. The number of aromatic nitrogens is 2. The van der Waals surface area contributed by atoms with Crippen LogP contribution in [0.1, 0.15) is 20.3 Å². The summed E-state index contributed by atoms with van der Waals surface area (Å²) in [5, 5.41) is 2.92. The number of carbonyl (C=O) groups is 1. The molecule has 1 N–H and O–H groups in total. The largest absolute Gasteiger partial charge is 0.308 e. The molecule has 1 amide bonds. The van der Waals surface area contributed by atoms with Gasteiger partial charge in [0.1, 0.15) is 0 Å². The van der Waals surface area contributed by atoms with Crippen molar-refractivity contribution in [2.24, 2.45) is 5.92 Å². The molecule has 1 aromatic heterocycles. The number of halogens is 1. The number of nitrogens with one attached hydrogen (secondary N) is 1. The number of fused-ring (bicyclic) bond motifs is 1. The van der Waals surface area contributed by atoms with Crippen LogP contribution < -0.4 is 5.32 Å². The van der Waals surface area contributed by atoms with Crippen molar-refractivity contribution in [3.63, 3.8) is 0 Å². The van der Waals surface area contributed by atoms with Crippen LogP contribution in [0, 0.1) is 5.92 Å². The van der Waals surface area contributed by atoms with Crippen LogP contribution in [0.25, 0.3) is 11.0 Å². The van der Waals surface area contributed by atoms with Crippen LogP contribution in [0.3, 0.4) is 0 Å². The number of hydrogen-bond donors (Lipinski definition) is 1. The Kier molecular flexibility index (Phi) is 3.77. The zero-order valence-electron chi connectivity index (χ0n) is 10.3. The number of carbonyl (C=O) groups excluding carboxylic acids is 1. The molecule has 5 heteroatoms. The van der Waals surface area contributed by atoms with Gasteiger partial charge in [-0.3, -0.25) is 4.79 Å². The summed E-state index contributed by atoms with van der Waals surface area (Å²) in [6.07, 6.45) is 0.768. The van der Waals surface area contributed by atoms with Gasteiger partial charge in [-0.25, -0.2) is 9.97 Å². The monoisotopic (exact) mass is 263 g/mol. The Hall–Kier alpha value is -1.68. The Labute approximate surface area is 110 Å². The predicted octanol–water partition coefficient (Wildman–Crippen LogP) is 3.27. The molecule has 18 heavy (non-hydrogen) atoms. The fourth-order valence-electron chi connectivity index (χ4n) is 1.48. The van der Waals surface area contributed by atoms with Gasteiger partial charge in [0.25, 0.3) is 0 Å². The van der Waals surface area contributed by atoms with Gasteiger partial charge in [-0.05, 0) is 18.6 Å². The van der Waals surface area contributed by atoms with Gasteiger partial charge in [0.2, 0.25) is 5.91 Å². The number of amides is 1. The fourth-order valence-corrected chi connectivity index (χ4v) is 1.66. The third-order valence-corrected chi connectivity index (χ3v) is 3.09. The third-order valence-electron chi connectivity index (χ3n) is 2.83. The molecule has 1 unspecified atom stereocenters. The van der Waals surface area contributed by atoms with Crippen molar-refractivity contribution in [3.8, 4) is 0 Å². The average molecular weight is 264 g/mol. The summed E-state index contributed by atoms with van der Waals surface area (Å²) in [6, 6.07) is 7.39. The summed E-state index contributed by atoms with van der Waals surface area (Å²) in [5.74, 6) is 0.152. The van der Waals surface area contributed by atoms with Crippen molar-refractivity contribution < 1.29 is 4.79 Å². The van der Waals surface area contributed by atoms with E-state index in [4.69, 9.17) is 11.6 Å². The Morgan fingerprint density at radius 1 is 1.33 bits per heavy atom. The highest BCUT2D eigenvalue weighted by Crippen LogP contribution is 2.21. The molecule has 1 heterocycles. The second-order valence-electron chi connectivity index (χ2n) is 4.15. The van der Waals surface area contributed by atoms with Gasteiger partial charge in [0, 0.05) is 5.92 Å². The lowest BCUT2D eigenvalue weighted by molar-refractivity contribution is -0.119. The summed E-state index contributed by atoms with van der Waals surface area (Å²) < 4.78 is 0. The molecule has 1 atom stereocenters. The normalized spacial score (nSPS) is 12.4. The molecule has 0 aliphatic rings. The molecular weight excluding hydrogens is 250 g/mol. The molecule has 0 aliphatic heterocycles. The highest BCUT2D eigenvalue weighted by molar-refractivity contribution is 6.32. The Morgan fingerprint density at radius 3 is 2.56 bits per heavy atom. The molecule has 0 radical (unpaired) electrons. The first-order chi connectivity index (χ1) is 8.61. The quantitative estimate of drug-likeness (QED) is 0.925. The minimum atomic E-state index is -0.0935. The van der Waals surface area contributed by atoms with E-state index in [0.29, 0.717) is 16.9 Å². The van der Waals surface area contributed by atoms with Crippen LogP contribution in [0.2, 0.25) is 5.15 Å². The van der Waals surface area contributed by atoms with Crippen LogP contribution in [-0.4, -0.2) is 15.9 Å². The topological polar surface area (TPSA) is 54.9 Å². The number of anilines is 1. The molecule has 0 spiro atoms. The Morgan fingerprint density at radius 2 is 1.94 bits per heavy atom. The maximum absolute atomic E-state index is 11.8. The van der Waals surface area contributed by atoms with E-state index in [1.165, 1.54) is 0 Å². The number of rotatable bonds is 3. The lowest BCUT2D eigenvalue weighted by Gasteiger charge is -2.10. The number of benzene rings is 1. The summed E-state index contributed by atoms with van der Waals surface area (Å²) in [5.41, 5.74) is 1.42. The van der Waals surface area contributed by atoms with Crippen LogP contribution in [0.15, 0.2) is 24.3 Å². The molecule has 4 nitrogen and oxygen atoms in total. The summed E-state index contributed by atoms with van der Waals surface area (Å²) in [4.78, 5) is 20.3. The van der Waals surface area contributed by atoms with E-state index in [-0.39, 0.29) is 17.0 Å². The smallest absolute Gasteiger partial charge is 0.228 e. The van der Waals surface area contributed by atoms with E-state index < -0.39 is 0 Å². The summed E-state index contributed by atoms with van der Waals surface area (Å²) >= 11 is 6.01. The fraction of sp³-hybridized carbons (Fsp3) is 0.308. The minimum Gasteiger partial charge on any atom is -0.308 e. The van der Waals surface area contributed by atoms with E-state index in [1.807, 2.05) is 38.1 Å². The Balaban J connectivity index is 2.33. The van der Waals surface area contributed by atoms with Crippen LogP contribution in [-0.2, 0) is 4.79 Å². The zero-order chi connectivity index (χ0) is 13.1. The van der Waals surface area contributed by atoms with Crippen LogP contribution in [0.4, 0.5) is 5.82 Å². The molecule has 0 saturated carbocycles. The first-order valence-corrected chi connectivity index (χ1v) is 6.22. The van der Waals surface area contributed by atoms with Crippen molar-refractivity contribution in [1.82, 2.24) is 9.97 Å². The van der Waals surface area contributed by atoms with Gasteiger partial charge in [-0.15, -0.1) is 0 Å². The maximum atomic E-state index is 11.8. The number of hydrogen-bond acceptors (Lipinski definition) is 3. The van der Waals surface area contributed by atoms with Crippen LogP contribution in [0.5, 0.6) is 0 Å². The van der Waals surface area contributed by atoms with Gasteiger partial charge < -0.3 is 5.32 Å². The summed E-state index contributed by atoms with van der Waals surface area (Å²) in [6.45, 7) is 3.82. The lowest BCUT2D eigenvalue weighted by atomic mass is 10.1. The molecule has 0 fully saturated rings. The van der Waals surface area contributed by atoms with E-state index in [2.05, 4.69) is 15.3 Å². The molecule has 2 aromatic rings. The maximum Gasteiger partial charge on any atom is 0.228 e. The second kappa shape index (κ2) is 5.31. The molecule has 0 aliphatic carbocycles. The standard InChI is InChI=1S/C13H14ClN3O/c1-3-8(2)13(18)17-12-11(14)15-9-6-4-5-7-10(9)16-12/h4-8H,3H2,1-2H3,(H,16,17,18). The highest BCUT2D eigenvalue weighted by atomic mass is 35.5. The third kappa shape index (κ3) is 2.59. The molecule has 0 saturated heterocycles. The zero-order valence-corrected chi connectivity index (χ0v) is 11.0. The van der Waals surface area contributed by atoms with Gasteiger partial charge in [0.15, 0.2) is 11.0 Å². The van der Waals surface area contributed by atoms with Gasteiger partial charge in [-0.2, -0.15) is 0 Å². The van der Waals surface area contributed by atoms with Gasteiger partial charge in [0.05, 0.1) is 11.0 Å². The SMILES string of the molecule is CCC(C)C(=O)Nc1nc2ccccc2nc1Cl. The van der Waals surface area contributed by atoms with E-state index in [9.17, 15) is 4.79 Å². The van der Waals surface area contributed by atoms with E-state index in [0.717, 1.165) is 6.42 Å². The lowest BCUT2D eigenvalue weighted by Crippen LogP contribution is -2.20. The van der Waals surface area contributed by atoms with E-state index >= 15 is 0 Å². The van der Waals surface area contributed by atoms with Crippen molar-refractivity contribution in [3.05, 3.63) is 29.4 Å². The summed E-state index contributed by atoms with van der Waals surface area (Å²) in [7, 11) is 0. The molecule has 1 aromatic carbocycles. The molecular formula is C13H14ClN3O. The van der Waals surface area contributed by atoms with E-state index in [1.54, 1.807) is 0 Å². The number of para-hydroxylation sites is 2. The van der Waals surface area contributed by atoms with Crippen LogP contribution >= 0.6 is 11.6 Å². The van der Waals surface area contributed by atoms with Gasteiger partial charge in [-0.1, -0.05) is 37.6 Å². The van der Waals surface area contributed by atoms with Crippen molar-refractivity contribution >= 4 is 34.4 Å².